The SMILES string of the molecule is CN=C(NCc1cccc(NC(=O)CN(C)C)c1)NCC(C)Sc1ccccc1.I. The van der Waals surface area contributed by atoms with Gasteiger partial charge in [0.1, 0.15) is 0 Å². The van der Waals surface area contributed by atoms with Gasteiger partial charge in [0.05, 0.1) is 6.54 Å². The Kier molecular flexibility index (Phi) is 12.5. The number of benzene rings is 2. The summed E-state index contributed by atoms with van der Waals surface area (Å²) in [6.07, 6.45) is 0. The van der Waals surface area contributed by atoms with Crippen molar-refractivity contribution in [2.45, 2.75) is 23.6 Å². The molecule has 1 amide bonds. The van der Waals surface area contributed by atoms with E-state index in [1.165, 1.54) is 4.90 Å². The van der Waals surface area contributed by atoms with Crippen LogP contribution in [0.25, 0.3) is 0 Å². The van der Waals surface area contributed by atoms with Crippen molar-refractivity contribution in [2.24, 2.45) is 4.99 Å². The Hall–Kier alpha value is -1.78. The maximum absolute atomic E-state index is 11.9. The number of nitrogens with one attached hydrogen (secondary N) is 3. The summed E-state index contributed by atoms with van der Waals surface area (Å²) in [5.41, 5.74) is 1.87. The molecule has 1 unspecified atom stereocenters. The molecule has 0 radical (unpaired) electrons. The molecule has 2 rings (SSSR count). The van der Waals surface area contributed by atoms with Gasteiger partial charge in [-0.1, -0.05) is 37.3 Å². The van der Waals surface area contributed by atoms with Crippen molar-refractivity contribution in [3.05, 3.63) is 60.2 Å². The Morgan fingerprint density at radius 2 is 1.83 bits per heavy atom. The van der Waals surface area contributed by atoms with Gasteiger partial charge in [0.2, 0.25) is 5.91 Å². The van der Waals surface area contributed by atoms with E-state index in [-0.39, 0.29) is 29.9 Å². The van der Waals surface area contributed by atoms with E-state index < -0.39 is 0 Å². The number of guanidine groups is 1. The molecule has 0 saturated heterocycles. The zero-order valence-corrected chi connectivity index (χ0v) is 21.2. The molecule has 0 fully saturated rings. The van der Waals surface area contributed by atoms with E-state index in [2.05, 4.69) is 52.1 Å². The van der Waals surface area contributed by atoms with Crippen LogP contribution in [0.5, 0.6) is 0 Å². The summed E-state index contributed by atoms with van der Waals surface area (Å²) in [4.78, 5) is 19.3. The van der Waals surface area contributed by atoms with Crippen molar-refractivity contribution in [3.63, 3.8) is 0 Å². The number of aliphatic imine (C=N–C) groups is 1. The number of hydrogen-bond donors (Lipinski definition) is 3. The van der Waals surface area contributed by atoms with Crippen LogP contribution in [0.4, 0.5) is 5.69 Å². The summed E-state index contributed by atoms with van der Waals surface area (Å²) in [6.45, 7) is 3.98. The predicted octanol–water partition coefficient (Wildman–Crippen LogP) is 3.65. The molecule has 0 aromatic heterocycles. The van der Waals surface area contributed by atoms with E-state index in [0.717, 1.165) is 23.8 Å². The standard InChI is InChI=1S/C22H31N5OS.HI/c1-17(29-20-11-6-5-7-12-20)14-24-22(23-2)25-15-18-9-8-10-19(13-18)26-21(28)16-27(3)4;/h5-13,17H,14-16H2,1-4H3,(H,26,28)(H2,23,24,25);1H. The molecule has 6 nitrogen and oxygen atoms in total. The molecule has 164 valence electrons. The maximum atomic E-state index is 11.9. The zero-order valence-electron chi connectivity index (χ0n) is 18.0. The molecule has 0 heterocycles. The first-order chi connectivity index (χ1) is 14.0. The fourth-order valence-corrected chi connectivity index (χ4v) is 3.61. The molecule has 0 aliphatic heterocycles. The third-order valence-corrected chi connectivity index (χ3v) is 5.10. The number of hydrogen-bond acceptors (Lipinski definition) is 4. The molecule has 30 heavy (non-hydrogen) atoms. The van der Waals surface area contributed by atoms with Crippen LogP contribution in [0.2, 0.25) is 0 Å². The number of carbonyl (C=O) groups excluding carboxylic acids is 1. The van der Waals surface area contributed by atoms with Crippen LogP contribution in [0.3, 0.4) is 0 Å². The normalized spacial score (nSPS) is 12.1. The quantitative estimate of drug-likeness (QED) is 0.196. The second kappa shape index (κ2) is 14.3. The van der Waals surface area contributed by atoms with Gasteiger partial charge in [-0.05, 0) is 43.9 Å². The van der Waals surface area contributed by atoms with Crippen LogP contribution in [0, 0.1) is 0 Å². The topological polar surface area (TPSA) is 68.8 Å². The molecule has 8 heteroatoms. The minimum Gasteiger partial charge on any atom is -0.355 e. The van der Waals surface area contributed by atoms with Gasteiger partial charge in [0.25, 0.3) is 0 Å². The molecule has 1 atom stereocenters. The molecular formula is C22H32IN5OS. The fourth-order valence-electron chi connectivity index (χ4n) is 2.67. The number of likely N-dealkylation sites (N-methyl/N-ethyl adjacent to an activating group) is 1. The highest BCUT2D eigenvalue weighted by molar-refractivity contribution is 14.0. The molecular weight excluding hydrogens is 509 g/mol. The van der Waals surface area contributed by atoms with E-state index in [9.17, 15) is 4.79 Å². The lowest BCUT2D eigenvalue weighted by atomic mass is 10.2. The van der Waals surface area contributed by atoms with Gasteiger partial charge in [0, 0.05) is 36.0 Å². The molecule has 2 aromatic carbocycles. The second-order valence-electron chi connectivity index (χ2n) is 7.03. The van der Waals surface area contributed by atoms with Crippen LogP contribution < -0.4 is 16.0 Å². The van der Waals surface area contributed by atoms with Crippen LogP contribution >= 0.6 is 35.7 Å². The van der Waals surface area contributed by atoms with Gasteiger partial charge in [-0.2, -0.15) is 0 Å². The lowest BCUT2D eigenvalue weighted by Gasteiger charge is -2.16. The lowest BCUT2D eigenvalue weighted by Crippen LogP contribution is -2.39. The monoisotopic (exact) mass is 541 g/mol. The smallest absolute Gasteiger partial charge is 0.238 e. The number of thioether (sulfide) groups is 1. The summed E-state index contributed by atoms with van der Waals surface area (Å²) in [7, 11) is 5.51. The van der Waals surface area contributed by atoms with Gasteiger partial charge >= 0.3 is 0 Å². The number of nitrogens with zero attached hydrogens (tertiary/aromatic N) is 2. The number of anilines is 1. The highest BCUT2D eigenvalue weighted by Gasteiger charge is 2.07. The van der Waals surface area contributed by atoms with Crippen molar-refractivity contribution in [1.82, 2.24) is 15.5 Å². The zero-order chi connectivity index (χ0) is 21.1. The van der Waals surface area contributed by atoms with Crippen molar-refractivity contribution >= 4 is 53.3 Å². The first-order valence-electron chi connectivity index (χ1n) is 9.66. The second-order valence-corrected chi connectivity index (χ2v) is 8.55. The molecule has 0 saturated carbocycles. The lowest BCUT2D eigenvalue weighted by molar-refractivity contribution is -0.116. The number of carbonyl (C=O) groups is 1. The third kappa shape index (κ3) is 10.3. The van der Waals surface area contributed by atoms with Crippen molar-refractivity contribution in [1.29, 1.82) is 0 Å². The van der Waals surface area contributed by atoms with Gasteiger partial charge < -0.3 is 20.9 Å². The van der Waals surface area contributed by atoms with Gasteiger partial charge in [-0.3, -0.25) is 9.79 Å². The van der Waals surface area contributed by atoms with E-state index in [1.807, 2.05) is 61.1 Å². The van der Waals surface area contributed by atoms with Crippen molar-refractivity contribution < 1.29 is 4.79 Å². The predicted molar refractivity (Wildman–Crippen MR) is 139 cm³/mol. The summed E-state index contributed by atoms with van der Waals surface area (Å²) < 4.78 is 0. The Morgan fingerprint density at radius 1 is 1.10 bits per heavy atom. The Balaban J connectivity index is 0.00000450. The third-order valence-electron chi connectivity index (χ3n) is 3.99. The minimum atomic E-state index is -0.0255. The van der Waals surface area contributed by atoms with Crippen LogP contribution in [0.15, 0.2) is 64.5 Å². The average molecular weight is 542 g/mol. The molecule has 0 aliphatic carbocycles. The van der Waals surface area contributed by atoms with Crippen LogP contribution in [-0.4, -0.2) is 56.2 Å². The van der Waals surface area contributed by atoms with Gasteiger partial charge in [-0.15, -0.1) is 35.7 Å². The Morgan fingerprint density at radius 3 is 2.50 bits per heavy atom. The molecule has 0 bridgehead atoms. The van der Waals surface area contributed by atoms with Crippen LogP contribution in [-0.2, 0) is 11.3 Å². The first kappa shape index (κ1) is 26.3. The van der Waals surface area contributed by atoms with Crippen LogP contribution in [0.1, 0.15) is 12.5 Å². The molecule has 3 N–H and O–H groups in total. The first-order valence-corrected chi connectivity index (χ1v) is 10.5. The number of halogens is 1. The van der Waals surface area contributed by atoms with E-state index >= 15 is 0 Å². The minimum absolute atomic E-state index is 0. The molecule has 0 spiro atoms. The van der Waals surface area contributed by atoms with Crippen molar-refractivity contribution in [3.8, 4) is 0 Å². The summed E-state index contributed by atoms with van der Waals surface area (Å²) in [5, 5.41) is 10.0. The van der Waals surface area contributed by atoms with Gasteiger partial charge in [-0.25, -0.2) is 0 Å². The summed E-state index contributed by atoms with van der Waals surface area (Å²) in [6, 6.07) is 18.2. The van der Waals surface area contributed by atoms with Crippen molar-refractivity contribution in [2.75, 3.05) is 39.5 Å². The highest BCUT2D eigenvalue weighted by Crippen LogP contribution is 2.21. The Bertz CT molecular complexity index is 801. The van der Waals surface area contributed by atoms with E-state index in [0.29, 0.717) is 18.3 Å². The number of amides is 1. The molecule has 2 aromatic rings. The average Bonchev–Trinajstić information content (AvgIpc) is 2.68. The fraction of sp³-hybridized carbons (Fsp3) is 0.364. The van der Waals surface area contributed by atoms with E-state index in [4.69, 9.17) is 0 Å². The van der Waals surface area contributed by atoms with Gasteiger partial charge in [0.15, 0.2) is 5.96 Å². The van der Waals surface area contributed by atoms with E-state index in [1.54, 1.807) is 7.05 Å². The Labute approximate surface area is 201 Å². The highest BCUT2D eigenvalue weighted by atomic mass is 127. The number of rotatable bonds is 9. The summed E-state index contributed by atoms with van der Waals surface area (Å²) in [5.74, 6) is 0.732. The largest absolute Gasteiger partial charge is 0.355 e. The molecule has 0 aliphatic rings. The maximum Gasteiger partial charge on any atom is 0.238 e. The summed E-state index contributed by atoms with van der Waals surface area (Å²) >= 11 is 1.83.